The number of nitrogens with zero attached hydrogens (tertiary/aromatic N) is 1. The molecule has 2 aromatic carbocycles. The third-order valence-corrected chi connectivity index (χ3v) is 5.41. The molecule has 3 aromatic rings. The number of rotatable bonds is 7. The third-order valence-electron chi connectivity index (χ3n) is 3.99. The summed E-state index contributed by atoms with van der Waals surface area (Å²) in [6.45, 7) is 3.24. The first-order valence-corrected chi connectivity index (χ1v) is 9.81. The van der Waals surface area contributed by atoms with Crippen LogP contribution in [0, 0.1) is 6.92 Å². The highest BCUT2D eigenvalue weighted by Crippen LogP contribution is 2.23. The molecule has 0 fully saturated rings. The van der Waals surface area contributed by atoms with Gasteiger partial charge in [-0.25, -0.2) is 9.78 Å². The molecular weight excluding hydrogens is 400 g/mol. The third kappa shape index (κ3) is 5.07. The first kappa shape index (κ1) is 20.3. The lowest BCUT2D eigenvalue weighted by atomic mass is 10.2. The van der Waals surface area contributed by atoms with Crippen molar-refractivity contribution in [1.82, 2.24) is 4.98 Å². The Morgan fingerprint density at radius 1 is 1.21 bits per heavy atom. The number of benzene rings is 2. The van der Waals surface area contributed by atoms with Gasteiger partial charge in [0, 0.05) is 10.7 Å². The highest BCUT2D eigenvalue weighted by molar-refractivity contribution is 7.18. The van der Waals surface area contributed by atoms with Gasteiger partial charge in [-0.3, -0.25) is 4.79 Å². The smallest absolute Gasteiger partial charge is 0.332 e. The Morgan fingerprint density at radius 3 is 2.79 bits per heavy atom. The number of hydrogen-bond acceptors (Lipinski definition) is 6. The van der Waals surface area contributed by atoms with E-state index in [1.54, 1.807) is 25.1 Å². The van der Waals surface area contributed by atoms with Gasteiger partial charge in [0.05, 0.1) is 16.8 Å². The van der Waals surface area contributed by atoms with Crippen molar-refractivity contribution in [3.63, 3.8) is 0 Å². The van der Waals surface area contributed by atoms with E-state index in [1.807, 2.05) is 24.3 Å². The summed E-state index contributed by atoms with van der Waals surface area (Å²) in [7, 11) is 0. The summed E-state index contributed by atoms with van der Waals surface area (Å²) in [5, 5.41) is 4.02. The summed E-state index contributed by atoms with van der Waals surface area (Å²) < 4.78 is 11.6. The van der Waals surface area contributed by atoms with Crippen molar-refractivity contribution in [2.75, 3.05) is 11.9 Å². The predicted octanol–water partition coefficient (Wildman–Crippen LogP) is 4.35. The lowest BCUT2D eigenvalue weighted by molar-refractivity contribution is -0.157. The van der Waals surface area contributed by atoms with E-state index in [0.717, 1.165) is 20.8 Å². The number of anilines is 1. The van der Waals surface area contributed by atoms with Crippen LogP contribution in [0.3, 0.4) is 0 Å². The van der Waals surface area contributed by atoms with Crippen molar-refractivity contribution >= 4 is 50.7 Å². The number of amides is 1. The molecule has 0 radical (unpaired) electrons. The number of nitrogens with one attached hydrogen (secondary N) is 1. The molecule has 1 aromatic heterocycles. The Balaban J connectivity index is 1.45. The van der Waals surface area contributed by atoms with Gasteiger partial charge in [-0.2, -0.15) is 0 Å². The molecule has 0 saturated heterocycles. The summed E-state index contributed by atoms with van der Waals surface area (Å²) in [4.78, 5) is 28.6. The second-order valence-corrected chi connectivity index (χ2v) is 7.62. The van der Waals surface area contributed by atoms with Gasteiger partial charge in [-0.15, -0.1) is 11.3 Å². The van der Waals surface area contributed by atoms with E-state index in [-0.39, 0.29) is 13.2 Å². The van der Waals surface area contributed by atoms with Crippen molar-refractivity contribution in [3.8, 4) is 0 Å². The number of carbonyl (C=O) groups is 2. The van der Waals surface area contributed by atoms with Crippen LogP contribution in [-0.2, 0) is 25.7 Å². The van der Waals surface area contributed by atoms with E-state index >= 15 is 0 Å². The molecule has 1 heterocycles. The Labute approximate surface area is 171 Å². The number of hydrogen-bond donors (Lipinski definition) is 1. The first-order chi connectivity index (χ1) is 13.4. The summed E-state index contributed by atoms with van der Waals surface area (Å²) >= 11 is 7.55. The van der Waals surface area contributed by atoms with Crippen LogP contribution >= 0.6 is 22.9 Å². The molecule has 0 aliphatic heterocycles. The number of ether oxygens (including phenoxy) is 2. The average Bonchev–Trinajstić information content (AvgIpc) is 3.08. The van der Waals surface area contributed by atoms with Gasteiger partial charge < -0.3 is 14.8 Å². The first-order valence-electron chi connectivity index (χ1n) is 8.61. The number of carbonyl (C=O) groups excluding carboxylic acids is 2. The largest absolute Gasteiger partial charge is 0.451 e. The van der Waals surface area contributed by atoms with Crippen LogP contribution in [0.4, 0.5) is 5.69 Å². The zero-order chi connectivity index (χ0) is 20.1. The molecule has 0 spiro atoms. The van der Waals surface area contributed by atoms with Crippen LogP contribution in [0.2, 0.25) is 5.02 Å². The fourth-order valence-corrected chi connectivity index (χ4v) is 3.54. The minimum atomic E-state index is -0.961. The number of para-hydroxylation sites is 1. The SMILES string of the molecule is Cc1c(Cl)cccc1NC(=O)[C@@H](C)OC(=O)COCc1nc2ccccc2s1. The predicted molar refractivity (Wildman–Crippen MR) is 110 cm³/mol. The highest BCUT2D eigenvalue weighted by Gasteiger charge is 2.19. The zero-order valence-corrected chi connectivity index (χ0v) is 17.0. The lowest BCUT2D eigenvalue weighted by Gasteiger charge is -2.15. The minimum absolute atomic E-state index is 0.205. The quantitative estimate of drug-likeness (QED) is 0.577. The fraction of sp³-hybridized carbons (Fsp3) is 0.250. The van der Waals surface area contributed by atoms with Crippen LogP contribution < -0.4 is 5.32 Å². The minimum Gasteiger partial charge on any atom is -0.451 e. The van der Waals surface area contributed by atoms with Gasteiger partial charge in [0.15, 0.2) is 6.10 Å². The lowest BCUT2D eigenvalue weighted by Crippen LogP contribution is -2.31. The van der Waals surface area contributed by atoms with E-state index in [1.165, 1.54) is 18.3 Å². The zero-order valence-electron chi connectivity index (χ0n) is 15.4. The van der Waals surface area contributed by atoms with Crippen LogP contribution in [0.1, 0.15) is 17.5 Å². The molecule has 0 aliphatic carbocycles. The number of halogens is 1. The second kappa shape index (κ2) is 9.14. The molecule has 1 amide bonds. The van der Waals surface area contributed by atoms with Crippen LogP contribution in [0.15, 0.2) is 42.5 Å². The summed E-state index contributed by atoms with van der Waals surface area (Å²) in [5.41, 5.74) is 2.22. The van der Waals surface area contributed by atoms with Crippen molar-refractivity contribution in [2.24, 2.45) is 0 Å². The average molecular weight is 419 g/mol. The van der Waals surface area contributed by atoms with Crippen molar-refractivity contribution < 1.29 is 19.1 Å². The highest BCUT2D eigenvalue weighted by atomic mass is 35.5. The number of thiazole rings is 1. The molecular formula is C20H19ClN2O4S. The maximum Gasteiger partial charge on any atom is 0.332 e. The topological polar surface area (TPSA) is 77.5 Å². The molecule has 1 atom stereocenters. The van der Waals surface area contributed by atoms with Gasteiger partial charge >= 0.3 is 5.97 Å². The fourth-order valence-electron chi connectivity index (χ4n) is 2.47. The van der Waals surface area contributed by atoms with E-state index < -0.39 is 18.0 Å². The molecule has 28 heavy (non-hydrogen) atoms. The van der Waals surface area contributed by atoms with Crippen molar-refractivity contribution in [1.29, 1.82) is 0 Å². The van der Waals surface area contributed by atoms with Gasteiger partial charge in [0.25, 0.3) is 5.91 Å². The number of aromatic nitrogens is 1. The molecule has 0 unspecified atom stereocenters. The maximum absolute atomic E-state index is 12.2. The van der Waals surface area contributed by atoms with Crippen molar-refractivity contribution in [2.45, 2.75) is 26.6 Å². The van der Waals surface area contributed by atoms with Gasteiger partial charge in [0.2, 0.25) is 0 Å². The number of esters is 1. The summed E-state index contributed by atoms with van der Waals surface area (Å²) in [6, 6.07) is 13.0. The van der Waals surface area contributed by atoms with Gasteiger partial charge in [-0.1, -0.05) is 29.8 Å². The molecule has 1 N–H and O–H groups in total. The molecule has 0 aliphatic rings. The van der Waals surface area contributed by atoms with E-state index in [2.05, 4.69) is 10.3 Å². The maximum atomic E-state index is 12.2. The standard InChI is InChI=1S/C20H19ClN2O4S/c1-12-14(21)6-5-8-15(12)23-20(25)13(2)27-19(24)11-26-10-18-22-16-7-3-4-9-17(16)28-18/h3-9,13H,10-11H2,1-2H3,(H,23,25)/t13-/m1/s1. The summed E-state index contributed by atoms with van der Waals surface area (Å²) in [6.07, 6.45) is -0.961. The molecule has 0 saturated carbocycles. The molecule has 0 bridgehead atoms. The Hall–Kier alpha value is -2.48. The number of fused-ring (bicyclic) bond motifs is 1. The van der Waals surface area contributed by atoms with Gasteiger partial charge in [-0.05, 0) is 43.7 Å². The van der Waals surface area contributed by atoms with Crippen LogP contribution in [0.25, 0.3) is 10.2 Å². The molecule has 8 heteroatoms. The van der Waals surface area contributed by atoms with Crippen molar-refractivity contribution in [3.05, 3.63) is 58.1 Å². The van der Waals surface area contributed by atoms with Crippen LogP contribution in [-0.4, -0.2) is 29.6 Å². The van der Waals surface area contributed by atoms with Gasteiger partial charge in [0.1, 0.15) is 11.6 Å². The monoisotopic (exact) mass is 418 g/mol. The van der Waals surface area contributed by atoms with E-state index in [0.29, 0.717) is 10.7 Å². The Kier molecular flexibility index (Phi) is 6.61. The normalized spacial score (nSPS) is 12.0. The Morgan fingerprint density at radius 2 is 2.00 bits per heavy atom. The molecule has 6 nitrogen and oxygen atoms in total. The van der Waals surface area contributed by atoms with Crippen LogP contribution in [0.5, 0.6) is 0 Å². The Bertz CT molecular complexity index is 972. The van der Waals surface area contributed by atoms with E-state index in [9.17, 15) is 9.59 Å². The molecule has 3 rings (SSSR count). The molecule has 146 valence electrons. The summed E-state index contributed by atoms with van der Waals surface area (Å²) in [5.74, 6) is -1.06. The second-order valence-electron chi connectivity index (χ2n) is 6.10. The van der Waals surface area contributed by atoms with E-state index in [4.69, 9.17) is 21.1 Å².